The Morgan fingerprint density at radius 1 is 1.40 bits per heavy atom. The highest BCUT2D eigenvalue weighted by atomic mass is 19.4. The lowest BCUT2D eigenvalue weighted by molar-refractivity contribution is -0.137. The van der Waals surface area contributed by atoms with Crippen LogP contribution in [0.3, 0.4) is 0 Å². The van der Waals surface area contributed by atoms with Crippen LogP contribution in [0.25, 0.3) is 0 Å². The molecule has 0 fully saturated rings. The zero-order valence-electron chi connectivity index (χ0n) is 10.9. The van der Waals surface area contributed by atoms with E-state index in [1.165, 1.54) is 6.07 Å². The summed E-state index contributed by atoms with van der Waals surface area (Å²) in [6, 6.07) is 5.26. The highest BCUT2D eigenvalue weighted by Gasteiger charge is 2.30. The van der Waals surface area contributed by atoms with Crippen molar-refractivity contribution < 1.29 is 13.2 Å². The maximum absolute atomic E-state index is 12.6. The summed E-state index contributed by atoms with van der Waals surface area (Å²) in [6.45, 7) is 5.82. The Morgan fingerprint density at radius 2 is 2.15 bits per heavy atom. The number of halogens is 3. The molecule has 0 atom stereocenters. The van der Waals surface area contributed by atoms with Crippen LogP contribution in [0, 0.1) is 0 Å². The molecule has 2 rings (SSSR count). The average Bonchev–Trinajstić information content (AvgIpc) is 2.75. The minimum absolute atomic E-state index is 0.328. The van der Waals surface area contributed by atoms with E-state index in [0.29, 0.717) is 17.9 Å². The van der Waals surface area contributed by atoms with Gasteiger partial charge in [-0.15, -0.1) is 0 Å². The Bertz CT molecular complexity index is 614. The number of benzene rings is 1. The van der Waals surface area contributed by atoms with Crippen LogP contribution >= 0.6 is 0 Å². The van der Waals surface area contributed by atoms with Gasteiger partial charge in [0, 0.05) is 18.4 Å². The molecule has 0 unspecified atom stereocenters. The Hall–Kier alpha value is -2.24. The third kappa shape index (κ3) is 3.63. The maximum atomic E-state index is 12.6. The average molecular weight is 281 g/mol. The first-order valence-corrected chi connectivity index (χ1v) is 5.95. The van der Waals surface area contributed by atoms with Crippen LogP contribution in [0.4, 0.5) is 19.0 Å². The number of hydrogen-bond acceptors (Lipinski definition) is 2. The second-order valence-corrected chi connectivity index (χ2v) is 4.53. The summed E-state index contributed by atoms with van der Waals surface area (Å²) >= 11 is 0. The molecule has 0 amide bonds. The minimum Gasteiger partial charge on any atom is -0.343 e. The van der Waals surface area contributed by atoms with Gasteiger partial charge in [0.05, 0.1) is 11.9 Å². The van der Waals surface area contributed by atoms with Gasteiger partial charge in [-0.3, -0.25) is 0 Å². The summed E-state index contributed by atoms with van der Waals surface area (Å²) in [7, 11) is 0. The van der Waals surface area contributed by atoms with Gasteiger partial charge in [0.1, 0.15) is 5.82 Å². The van der Waals surface area contributed by atoms with Gasteiger partial charge < -0.3 is 9.88 Å². The second-order valence-electron chi connectivity index (χ2n) is 4.53. The van der Waals surface area contributed by atoms with E-state index in [9.17, 15) is 13.2 Å². The summed E-state index contributed by atoms with van der Waals surface area (Å²) in [4.78, 5) is 4.09. The van der Waals surface area contributed by atoms with Crippen LogP contribution in [0.5, 0.6) is 0 Å². The van der Waals surface area contributed by atoms with E-state index in [1.807, 2.05) is 0 Å². The zero-order chi connectivity index (χ0) is 14.8. The third-order valence-electron chi connectivity index (χ3n) is 2.59. The van der Waals surface area contributed by atoms with Crippen molar-refractivity contribution in [1.82, 2.24) is 9.55 Å². The molecule has 1 aromatic heterocycles. The van der Waals surface area contributed by atoms with Crippen molar-refractivity contribution in [2.45, 2.75) is 19.6 Å². The van der Waals surface area contributed by atoms with Crippen molar-refractivity contribution in [3.8, 4) is 0 Å². The van der Waals surface area contributed by atoms with E-state index < -0.39 is 11.7 Å². The molecule has 0 aliphatic carbocycles. The van der Waals surface area contributed by atoms with Crippen molar-refractivity contribution in [2.24, 2.45) is 0 Å². The standard InChI is InChI=1S/C14H14F3N3/c1-10(2)19-13-8-20(9-18-13)7-11-4-3-5-12(6-11)14(15,16)17/h3-6,8-9,19H,1,7H2,2H3. The molecule has 2 aromatic rings. The van der Waals surface area contributed by atoms with E-state index in [1.54, 1.807) is 30.1 Å². The van der Waals surface area contributed by atoms with Crippen molar-refractivity contribution in [3.63, 3.8) is 0 Å². The van der Waals surface area contributed by atoms with Crippen LogP contribution in [-0.2, 0) is 12.7 Å². The quantitative estimate of drug-likeness (QED) is 0.921. The van der Waals surface area contributed by atoms with E-state index in [4.69, 9.17) is 0 Å². The number of nitrogens with one attached hydrogen (secondary N) is 1. The molecule has 0 spiro atoms. The fourth-order valence-corrected chi connectivity index (χ4v) is 1.79. The van der Waals surface area contributed by atoms with E-state index in [0.717, 1.165) is 17.8 Å². The topological polar surface area (TPSA) is 29.9 Å². The number of anilines is 1. The lowest BCUT2D eigenvalue weighted by Crippen LogP contribution is -2.06. The van der Waals surface area contributed by atoms with Crippen molar-refractivity contribution in [3.05, 3.63) is 60.2 Å². The molecule has 0 aliphatic rings. The van der Waals surface area contributed by atoms with Crippen LogP contribution in [0.1, 0.15) is 18.1 Å². The lowest BCUT2D eigenvalue weighted by Gasteiger charge is -2.09. The fraction of sp³-hybridized carbons (Fsp3) is 0.214. The zero-order valence-corrected chi connectivity index (χ0v) is 10.9. The summed E-state index contributed by atoms with van der Waals surface area (Å²) in [5.41, 5.74) is 0.670. The number of imidazole rings is 1. The molecular formula is C14H14F3N3. The first-order chi connectivity index (χ1) is 9.34. The first kappa shape index (κ1) is 14.2. The largest absolute Gasteiger partial charge is 0.416 e. The summed E-state index contributed by atoms with van der Waals surface area (Å²) in [6.07, 6.45) is -1.04. The van der Waals surface area contributed by atoms with Crippen LogP contribution in [0.15, 0.2) is 49.1 Å². The molecule has 0 saturated carbocycles. The number of allylic oxidation sites excluding steroid dienone is 1. The van der Waals surface area contributed by atoms with E-state index in [-0.39, 0.29) is 0 Å². The predicted octanol–water partition coefficient (Wildman–Crippen LogP) is 3.90. The summed E-state index contributed by atoms with van der Waals surface area (Å²) in [5.74, 6) is 0.615. The van der Waals surface area contributed by atoms with Crippen LogP contribution < -0.4 is 5.32 Å². The van der Waals surface area contributed by atoms with Gasteiger partial charge in [-0.05, 0) is 24.6 Å². The molecule has 1 heterocycles. The van der Waals surface area contributed by atoms with Crippen molar-refractivity contribution in [1.29, 1.82) is 0 Å². The molecule has 0 radical (unpaired) electrons. The first-order valence-electron chi connectivity index (χ1n) is 5.95. The highest BCUT2D eigenvalue weighted by Crippen LogP contribution is 2.29. The third-order valence-corrected chi connectivity index (χ3v) is 2.59. The Morgan fingerprint density at radius 3 is 2.80 bits per heavy atom. The number of aromatic nitrogens is 2. The number of nitrogens with zero attached hydrogens (tertiary/aromatic N) is 2. The molecular weight excluding hydrogens is 267 g/mol. The smallest absolute Gasteiger partial charge is 0.343 e. The minimum atomic E-state index is -4.32. The monoisotopic (exact) mass is 281 g/mol. The number of alkyl halides is 3. The van der Waals surface area contributed by atoms with Gasteiger partial charge >= 0.3 is 6.18 Å². The molecule has 0 aliphatic heterocycles. The molecule has 20 heavy (non-hydrogen) atoms. The highest BCUT2D eigenvalue weighted by molar-refractivity contribution is 5.38. The van der Waals surface area contributed by atoms with Crippen LogP contribution in [-0.4, -0.2) is 9.55 Å². The predicted molar refractivity (Wildman–Crippen MR) is 71.2 cm³/mol. The molecule has 0 bridgehead atoms. The molecule has 1 N–H and O–H groups in total. The van der Waals surface area contributed by atoms with Gasteiger partial charge in [0.25, 0.3) is 0 Å². The Balaban J connectivity index is 2.14. The Labute approximate surface area is 114 Å². The lowest BCUT2D eigenvalue weighted by atomic mass is 10.1. The number of hydrogen-bond donors (Lipinski definition) is 1. The van der Waals surface area contributed by atoms with Crippen molar-refractivity contribution in [2.75, 3.05) is 5.32 Å². The maximum Gasteiger partial charge on any atom is 0.416 e. The van der Waals surface area contributed by atoms with Gasteiger partial charge in [0.15, 0.2) is 0 Å². The normalized spacial score (nSPS) is 11.4. The SMILES string of the molecule is C=C(C)Nc1cn(Cc2cccc(C(F)(F)F)c2)cn1. The summed E-state index contributed by atoms with van der Waals surface area (Å²) < 4.78 is 39.6. The molecule has 1 aromatic carbocycles. The molecule has 3 nitrogen and oxygen atoms in total. The number of rotatable bonds is 4. The van der Waals surface area contributed by atoms with Gasteiger partial charge in [-0.1, -0.05) is 18.7 Å². The molecule has 0 saturated heterocycles. The molecule has 6 heteroatoms. The van der Waals surface area contributed by atoms with Gasteiger partial charge in [0.2, 0.25) is 0 Å². The fourth-order valence-electron chi connectivity index (χ4n) is 1.79. The van der Waals surface area contributed by atoms with E-state index >= 15 is 0 Å². The second kappa shape index (κ2) is 5.40. The van der Waals surface area contributed by atoms with Gasteiger partial charge in [-0.2, -0.15) is 13.2 Å². The van der Waals surface area contributed by atoms with Gasteiger partial charge in [-0.25, -0.2) is 4.98 Å². The molecule has 106 valence electrons. The Kier molecular flexibility index (Phi) is 3.83. The van der Waals surface area contributed by atoms with E-state index in [2.05, 4.69) is 16.9 Å². The van der Waals surface area contributed by atoms with Crippen LogP contribution in [0.2, 0.25) is 0 Å². The van der Waals surface area contributed by atoms with Crippen molar-refractivity contribution >= 4 is 5.82 Å². The summed E-state index contributed by atoms with van der Waals surface area (Å²) in [5, 5.41) is 2.94.